The van der Waals surface area contributed by atoms with E-state index in [4.69, 9.17) is 14.0 Å². The van der Waals surface area contributed by atoms with Gasteiger partial charge in [-0.1, -0.05) is 5.16 Å². The van der Waals surface area contributed by atoms with Crippen molar-refractivity contribution in [3.63, 3.8) is 0 Å². The van der Waals surface area contributed by atoms with Gasteiger partial charge in [0, 0.05) is 11.6 Å². The molecule has 1 unspecified atom stereocenters. The van der Waals surface area contributed by atoms with Crippen LogP contribution >= 0.6 is 0 Å². The zero-order valence-corrected chi connectivity index (χ0v) is 16.6. The van der Waals surface area contributed by atoms with E-state index >= 15 is 0 Å². The van der Waals surface area contributed by atoms with Crippen LogP contribution in [0.5, 0.6) is 11.5 Å². The van der Waals surface area contributed by atoms with Crippen LogP contribution in [-0.2, 0) is 11.3 Å². The van der Waals surface area contributed by atoms with Gasteiger partial charge in [-0.2, -0.15) is 13.2 Å². The van der Waals surface area contributed by atoms with Gasteiger partial charge in [-0.05, 0) is 39.0 Å². The first-order chi connectivity index (χ1) is 13.6. The molecule has 0 aliphatic carbocycles. The van der Waals surface area contributed by atoms with Crippen molar-refractivity contribution < 1.29 is 36.7 Å². The van der Waals surface area contributed by atoms with Gasteiger partial charge in [-0.25, -0.2) is 0 Å². The molecule has 0 aliphatic rings. The molecule has 29 heavy (non-hydrogen) atoms. The molecule has 0 bridgehead atoms. The second-order valence-corrected chi connectivity index (χ2v) is 6.46. The molecule has 1 atom stereocenters. The molecule has 1 heterocycles. The number of hydrogen-bond donors (Lipinski definition) is 1. The molecule has 0 fully saturated rings. The fraction of sp³-hybridized carbons (Fsp3) is 0.474. The fourth-order valence-corrected chi connectivity index (χ4v) is 2.49. The number of amides is 1. The molecule has 1 aromatic heterocycles. The van der Waals surface area contributed by atoms with E-state index in [0.29, 0.717) is 17.3 Å². The summed E-state index contributed by atoms with van der Waals surface area (Å²) < 4.78 is 57.0. The van der Waals surface area contributed by atoms with Gasteiger partial charge in [0.25, 0.3) is 5.91 Å². The molecule has 2 rings (SSSR count). The van der Waals surface area contributed by atoms with Crippen molar-refractivity contribution >= 4 is 5.91 Å². The predicted molar refractivity (Wildman–Crippen MR) is 97.1 cm³/mol. The van der Waals surface area contributed by atoms with E-state index in [1.54, 1.807) is 26.8 Å². The average Bonchev–Trinajstić information content (AvgIpc) is 2.96. The number of alkyl halides is 3. The lowest BCUT2D eigenvalue weighted by Crippen LogP contribution is -2.36. The van der Waals surface area contributed by atoms with Gasteiger partial charge in [0.05, 0.1) is 25.0 Å². The third-order valence-electron chi connectivity index (χ3n) is 3.99. The largest absolute Gasteiger partial charge is 0.493 e. The Labute approximate surface area is 166 Å². The molecule has 1 N–H and O–H groups in total. The number of carbonyl (C=O) groups is 1. The molecule has 0 saturated heterocycles. The highest BCUT2D eigenvalue weighted by atomic mass is 19.4. The van der Waals surface area contributed by atoms with Crippen molar-refractivity contribution in [3.05, 3.63) is 40.8 Å². The summed E-state index contributed by atoms with van der Waals surface area (Å²) in [5, 5.41) is 6.43. The maximum atomic E-state index is 12.3. The Morgan fingerprint density at radius 2 is 2.00 bits per heavy atom. The zero-order chi connectivity index (χ0) is 21.6. The highest BCUT2D eigenvalue weighted by Crippen LogP contribution is 2.29. The smallest absolute Gasteiger partial charge is 0.411 e. The summed E-state index contributed by atoms with van der Waals surface area (Å²) >= 11 is 0. The Morgan fingerprint density at radius 3 is 2.59 bits per heavy atom. The minimum atomic E-state index is -4.41. The molecular formula is C19H23F3N2O5. The summed E-state index contributed by atoms with van der Waals surface area (Å²) in [4.78, 5) is 12.3. The molecule has 0 radical (unpaired) electrons. The van der Waals surface area contributed by atoms with Crippen LogP contribution in [-0.4, -0.2) is 43.6 Å². The molecular weight excluding hydrogens is 393 g/mol. The predicted octanol–water partition coefficient (Wildman–Crippen LogP) is 3.58. The topological polar surface area (TPSA) is 82.8 Å². The fourth-order valence-electron chi connectivity index (χ4n) is 2.49. The van der Waals surface area contributed by atoms with Gasteiger partial charge in [0.1, 0.15) is 19.0 Å². The lowest BCUT2D eigenvalue weighted by Gasteiger charge is -2.16. The summed E-state index contributed by atoms with van der Waals surface area (Å²) in [6.07, 6.45) is -4.41. The van der Waals surface area contributed by atoms with Crippen LogP contribution < -0.4 is 14.8 Å². The normalized spacial score (nSPS) is 12.5. The Morgan fingerprint density at radius 1 is 1.28 bits per heavy atom. The maximum Gasteiger partial charge on any atom is 0.411 e. The quantitative estimate of drug-likeness (QED) is 0.673. The summed E-state index contributed by atoms with van der Waals surface area (Å²) in [5.74, 6) is 0.943. The Bertz CT molecular complexity index is 816. The number of aromatic nitrogens is 1. The highest BCUT2D eigenvalue weighted by Gasteiger charge is 2.27. The van der Waals surface area contributed by atoms with E-state index in [9.17, 15) is 18.0 Å². The first kappa shape index (κ1) is 22.5. The average molecular weight is 416 g/mol. The van der Waals surface area contributed by atoms with Gasteiger partial charge in [-0.3, -0.25) is 4.79 Å². The highest BCUT2D eigenvalue weighted by molar-refractivity contribution is 5.95. The van der Waals surface area contributed by atoms with Crippen molar-refractivity contribution in [1.82, 2.24) is 10.5 Å². The van der Waals surface area contributed by atoms with E-state index < -0.39 is 24.7 Å². The van der Waals surface area contributed by atoms with E-state index in [0.717, 1.165) is 11.3 Å². The van der Waals surface area contributed by atoms with Crippen LogP contribution in [0.1, 0.15) is 34.3 Å². The molecule has 10 heteroatoms. The lowest BCUT2D eigenvalue weighted by molar-refractivity contribution is -0.174. The van der Waals surface area contributed by atoms with Crippen LogP contribution in [0.2, 0.25) is 0 Å². The maximum absolute atomic E-state index is 12.3. The van der Waals surface area contributed by atoms with Crippen LogP contribution in [0.15, 0.2) is 22.7 Å². The number of benzene rings is 1. The third kappa shape index (κ3) is 6.67. The molecule has 0 spiro atoms. The van der Waals surface area contributed by atoms with Gasteiger partial charge >= 0.3 is 6.18 Å². The van der Waals surface area contributed by atoms with E-state index in [1.807, 2.05) is 0 Å². The molecule has 0 saturated carbocycles. The van der Waals surface area contributed by atoms with E-state index in [2.05, 4.69) is 15.2 Å². The third-order valence-corrected chi connectivity index (χ3v) is 3.99. The Kier molecular flexibility index (Phi) is 7.49. The number of hydrogen-bond acceptors (Lipinski definition) is 6. The summed E-state index contributed by atoms with van der Waals surface area (Å²) in [6, 6.07) is 3.99. The lowest BCUT2D eigenvalue weighted by atomic mass is 10.1. The number of halogens is 3. The van der Waals surface area contributed by atoms with Crippen LogP contribution in [0.3, 0.4) is 0 Å². The first-order valence-electron chi connectivity index (χ1n) is 8.78. The van der Waals surface area contributed by atoms with E-state index in [1.165, 1.54) is 19.2 Å². The van der Waals surface area contributed by atoms with Gasteiger partial charge in [-0.15, -0.1) is 0 Å². The van der Waals surface area contributed by atoms with Gasteiger partial charge in [0.2, 0.25) is 0 Å². The standard InChI is InChI=1S/C19H23F3N2O5/c1-11(8-27-10-19(20,21)22)23-18(25)14-5-6-16(17(7-14)26-4)28-9-15-12(2)24-29-13(15)3/h5-7,11H,8-10H2,1-4H3,(H,23,25). The van der Waals surface area contributed by atoms with Crippen LogP contribution in [0, 0.1) is 13.8 Å². The molecule has 2 aromatic rings. The van der Waals surface area contributed by atoms with Crippen molar-refractivity contribution in [3.8, 4) is 11.5 Å². The number of methoxy groups -OCH3 is 1. The summed E-state index contributed by atoms with van der Waals surface area (Å²) in [6.45, 7) is 3.73. The Hall–Kier alpha value is -2.75. The van der Waals surface area contributed by atoms with Gasteiger partial charge < -0.3 is 24.1 Å². The Balaban J connectivity index is 1.97. The van der Waals surface area contributed by atoms with Gasteiger partial charge in [0.15, 0.2) is 11.5 Å². The van der Waals surface area contributed by atoms with Crippen LogP contribution in [0.25, 0.3) is 0 Å². The second kappa shape index (κ2) is 9.64. The molecule has 7 nitrogen and oxygen atoms in total. The van der Waals surface area contributed by atoms with Crippen molar-refractivity contribution in [1.29, 1.82) is 0 Å². The number of carbonyl (C=O) groups excluding carboxylic acids is 1. The van der Waals surface area contributed by atoms with Crippen molar-refractivity contribution in [2.24, 2.45) is 0 Å². The monoisotopic (exact) mass is 416 g/mol. The van der Waals surface area contributed by atoms with Crippen molar-refractivity contribution in [2.45, 2.75) is 39.6 Å². The SMILES string of the molecule is COc1cc(C(=O)NC(C)COCC(F)(F)F)ccc1OCc1c(C)noc1C. The number of aryl methyl sites for hydroxylation is 2. The minimum absolute atomic E-state index is 0.219. The second-order valence-electron chi connectivity index (χ2n) is 6.46. The summed E-state index contributed by atoms with van der Waals surface area (Å²) in [7, 11) is 1.44. The summed E-state index contributed by atoms with van der Waals surface area (Å²) in [5.41, 5.74) is 1.81. The van der Waals surface area contributed by atoms with Crippen LogP contribution in [0.4, 0.5) is 13.2 Å². The minimum Gasteiger partial charge on any atom is -0.493 e. The number of nitrogens with zero attached hydrogens (tertiary/aromatic N) is 1. The van der Waals surface area contributed by atoms with Crippen molar-refractivity contribution in [2.75, 3.05) is 20.3 Å². The molecule has 0 aliphatic heterocycles. The number of nitrogens with one attached hydrogen (secondary N) is 1. The number of rotatable bonds is 9. The first-order valence-corrected chi connectivity index (χ1v) is 8.78. The number of ether oxygens (including phenoxy) is 3. The zero-order valence-electron chi connectivity index (χ0n) is 16.6. The molecule has 1 amide bonds. The van der Waals surface area contributed by atoms with E-state index in [-0.39, 0.29) is 18.8 Å². The molecule has 160 valence electrons. The molecule has 1 aromatic carbocycles.